The zero-order chi connectivity index (χ0) is 12.5. The van der Waals surface area contributed by atoms with Gasteiger partial charge in [0.05, 0.1) is 13.2 Å². The van der Waals surface area contributed by atoms with E-state index in [0.717, 1.165) is 25.1 Å². The number of hydrogen-bond donors (Lipinski definition) is 2. The smallest absolute Gasteiger partial charge is 0.123 e. The van der Waals surface area contributed by atoms with Crippen molar-refractivity contribution in [1.82, 2.24) is 5.32 Å². The van der Waals surface area contributed by atoms with E-state index in [0.29, 0.717) is 17.9 Å². The molecular weight excluding hydrogens is 226 g/mol. The molecule has 2 N–H and O–H groups in total. The van der Waals surface area contributed by atoms with E-state index in [1.165, 1.54) is 12.0 Å². The summed E-state index contributed by atoms with van der Waals surface area (Å²) in [7, 11) is 1.72. The Kier molecular flexibility index (Phi) is 3.27. The zero-order valence-corrected chi connectivity index (χ0v) is 10.8. The molecule has 3 rings (SSSR count). The van der Waals surface area contributed by atoms with Gasteiger partial charge >= 0.3 is 0 Å². The molecule has 0 radical (unpaired) electrons. The highest BCUT2D eigenvalue weighted by molar-refractivity contribution is 5.37. The van der Waals surface area contributed by atoms with Crippen molar-refractivity contribution in [2.75, 3.05) is 13.7 Å². The van der Waals surface area contributed by atoms with Crippen LogP contribution in [0.2, 0.25) is 0 Å². The van der Waals surface area contributed by atoms with Gasteiger partial charge in [0, 0.05) is 24.1 Å². The summed E-state index contributed by atoms with van der Waals surface area (Å²) in [6, 6.07) is 8.56. The third-order valence-electron chi connectivity index (χ3n) is 4.56. The largest absolute Gasteiger partial charge is 0.496 e. The molecule has 0 bridgehead atoms. The van der Waals surface area contributed by atoms with Crippen LogP contribution in [0.5, 0.6) is 5.75 Å². The van der Waals surface area contributed by atoms with Crippen LogP contribution in [-0.2, 0) is 0 Å². The molecule has 3 nitrogen and oxygen atoms in total. The number of aliphatic hydroxyl groups is 1. The van der Waals surface area contributed by atoms with Crippen LogP contribution in [0.25, 0.3) is 0 Å². The van der Waals surface area contributed by atoms with Gasteiger partial charge < -0.3 is 15.2 Å². The summed E-state index contributed by atoms with van der Waals surface area (Å²) in [5, 5.41) is 13.7. The topological polar surface area (TPSA) is 41.5 Å². The lowest BCUT2D eigenvalue weighted by Gasteiger charge is -2.32. The van der Waals surface area contributed by atoms with Gasteiger partial charge in [0.1, 0.15) is 5.75 Å². The van der Waals surface area contributed by atoms with Gasteiger partial charge in [-0.2, -0.15) is 0 Å². The van der Waals surface area contributed by atoms with Crippen LogP contribution >= 0.6 is 0 Å². The van der Waals surface area contributed by atoms with Crippen molar-refractivity contribution in [2.24, 2.45) is 11.8 Å². The summed E-state index contributed by atoms with van der Waals surface area (Å²) < 4.78 is 5.46. The summed E-state index contributed by atoms with van der Waals surface area (Å²) in [6.45, 7) is 0.925. The Hall–Kier alpha value is -1.06. The van der Waals surface area contributed by atoms with Crippen LogP contribution in [0.4, 0.5) is 0 Å². The molecule has 1 saturated heterocycles. The number of aliphatic hydroxyl groups excluding tert-OH is 1. The Labute approximate surface area is 108 Å². The van der Waals surface area contributed by atoms with Crippen molar-refractivity contribution >= 4 is 0 Å². The summed E-state index contributed by atoms with van der Waals surface area (Å²) >= 11 is 0. The van der Waals surface area contributed by atoms with E-state index in [9.17, 15) is 5.11 Å². The molecule has 4 atom stereocenters. The van der Waals surface area contributed by atoms with Crippen LogP contribution in [0.1, 0.15) is 30.9 Å². The van der Waals surface area contributed by atoms with Crippen LogP contribution in [0, 0.1) is 11.8 Å². The van der Waals surface area contributed by atoms with Crippen LogP contribution in [0.3, 0.4) is 0 Å². The summed E-state index contributed by atoms with van der Waals surface area (Å²) in [5.41, 5.74) is 1.24. The van der Waals surface area contributed by atoms with E-state index in [2.05, 4.69) is 17.4 Å². The third kappa shape index (κ3) is 1.91. The van der Waals surface area contributed by atoms with Crippen molar-refractivity contribution in [3.63, 3.8) is 0 Å². The molecule has 1 aromatic rings. The molecule has 1 heterocycles. The highest BCUT2D eigenvalue weighted by Gasteiger charge is 2.42. The summed E-state index contributed by atoms with van der Waals surface area (Å²) in [5.74, 6) is 1.91. The molecule has 98 valence electrons. The molecule has 1 aliphatic heterocycles. The second-order valence-corrected chi connectivity index (χ2v) is 5.45. The van der Waals surface area contributed by atoms with E-state index in [-0.39, 0.29) is 6.10 Å². The van der Waals surface area contributed by atoms with E-state index in [1.54, 1.807) is 7.11 Å². The Morgan fingerprint density at radius 2 is 2.06 bits per heavy atom. The fraction of sp³-hybridized carbons (Fsp3) is 0.600. The SMILES string of the molecule is COc1ccccc1C1NCC2C(O)CCCC12. The molecule has 0 amide bonds. The Bertz CT molecular complexity index is 421. The molecule has 1 saturated carbocycles. The second-order valence-electron chi connectivity index (χ2n) is 5.45. The molecule has 18 heavy (non-hydrogen) atoms. The van der Waals surface area contributed by atoms with Crippen molar-refractivity contribution in [1.29, 1.82) is 0 Å². The molecule has 2 fully saturated rings. The van der Waals surface area contributed by atoms with Gasteiger partial charge in [0.2, 0.25) is 0 Å². The number of para-hydroxylation sites is 1. The monoisotopic (exact) mass is 247 g/mol. The molecular formula is C15H21NO2. The first-order chi connectivity index (χ1) is 8.81. The fourth-order valence-corrected chi connectivity index (χ4v) is 3.66. The zero-order valence-electron chi connectivity index (χ0n) is 10.8. The number of fused-ring (bicyclic) bond motifs is 1. The molecule has 0 aromatic heterocycles. The fourth-order valence-electron chi connectivity index (χ4n) is 3.66. The normalized spacial score (nSPS) is 35.2. The maximum atomic E-state index is 10.1. The Morgan fingerprint density at radius 1 is 1.22 bits per heavy atom. The minimum atomic E-state index is -0.129. The quantitative estimate of drug-likeness (QED) is 0.841. The molecule has 1 aliphatic carbocycles. The summed E-state index contributed by atoms with van der Waals surface area (Å²) in [6.07, 6.45) is 3.17. The third-order valence-corrected chi connectivity index (χ3v) is 4.56. The lowest BCUT2D eigenvalue weighted by molar-refractivity contribution is 0.0498. The van der Waals surface area contributed by atoms with Gasteiger partial charge in [-0.3, -0.25) is 0 Å². The number of rotatable bonds is 2. The van der Waals surface area contributed by atoms with Crippen molar-refractivity contribution in [3.8, 4) is 5.75 Å². The van der Waals surface area contributed by atoms with Crippen LogP contribution in [-0.4, -0.2) is 24.9 Å². The number of nitrogens with one attached hydrogen (secondary N) is 1. The van der Waals surface area contributed by atoms with E-state index >= 15 is 0 Å². The first-order valence-corrected chi connectivity index (χ1v) is 6.85. The molecule has 1 aromatic carbocycles. The van der Waals surface area contributed by atoms with Gasteiger partial charge in [0.25, 0.3) is 0 Å². The van der Waals surface area contributed by atoms with Crippen molar-refractivity contribution in [3.05, 3.63) is 29.8 Å². The number of hydrogen-bond acceptors (Lipinski definition) is 3. The first-order valence-electron chi connectivity index (χ1n) is 6.85. The van der Waals surface area contributed by atoms with Gasteiger partial charge in [-0.1, -0.05) is 24.6 Å². The predicted octanol–water partition coefficient (Wildman–Crippen LogP) is 2.12. The van der Waals surface area contributed by atoms with Crippen LogP contribution in [0.15, 0.2) is 24.3 Å². The maximum absolute atomic E-state index is 10.1. The number of methoxy groups -OCH3 is 1. The number of benzene rings is 1. The maximum Gasteiger partial charge on any atom is 0.123 e. The molecule has 3 heteroatoms. The minimum Gasteiger partial charge on any atom is -0.496 e. The van der Waals surface area contributed by atoms with Gasteiger partial charge in [-0.15, -0.1) is 0 Å². The van der Waals surface area contributed by atoms with Gasteiger partial charge in [-0.25, -0.2) is 0 Å². The molecule has 0 spiro atoms. The summed E-state index contributed by atoms with van der Waals surface area (Å²) in [4.78, 5) is 0. The highest BCUT2D eigenvalue weighted by Crippen LogP contribution is 2.44. The van der Waals surface area contributed by atoms with Crippen molar-refractivity contribution < 1.29 is 9.84 Å². The molecule has 2 aliphatic rings. The lowest BCUT2D eigenvalue weighted by Crippen LogP contribution is -2.31. The molecule has 4 unspecified atom stereocenters. The van der Waals surface area contributed by atoms with Crippen molar-refractivity contribution in [2.45, 2.75) is 31.4 Å². The number of ether oxygens (including phenoxy) is 1. The highest BCUT2D eigenvalue weighted by atomic mass is 16.5. The second kappa shape index (κ2) is 4.90. The minimum absolute atomic E-state index is 0.129. The predicted molar refractivity (Wildman–Crippen MR) is 70.6 cm³/mol. The van der Waals surface area contributed by atoms with E-state index < -0.39 is 0 Å². The van der Waals surface area contributed by atoms with Gasteiger partial charge in [-0.05, 0) is 24.8 Å². The first kappa shape index (κ1) is 12.0. The standard InChI is InChI=1S/C15H21NO2/c1-18-14-8-3-2-5-11(14)15-10-6-4-7-13(17)12(10)9-16-15/h2-3,5,8,10,12-13,15-17H,4,6-7,9H2,1H3. The lowest BCUT2D eigenvalue weighted by atomic mass is 9.75. The van der Waals surface area contributed by atoms with Crippen LogP contribution < -0.4 is 10.1 Å². The van der Waals surface area contributed by atoms with Gasteiger partial charge in [0.15, 0.2) is 0 Å². The average Bonchev–Trinajstić information content (AvgIpc) is 2.84. The Morgan fingerprint density at radius 3 is 2.89 bits per heavy atom. The average molecular weight is 247 g/mol. The van der Waals surface area contributed by atoms with E-state index in [4.69, 9.17) is 4.74 Å². The Balaban J connectivity index is 1.89. The van der Waals surface area contributed by atoms with E-state index in [1.807, 2.05) is 12.1 Å².